The van der Waals surface area contributed by atoms with E-state index in [-0.39, 0.29) is 0 Å². The number of rotatable bonds is 12. The Balaban J connectivity index is 1.60. The van der Waals surface area contributed by atoms with E-state index in [0.29, 0.717) is 0 Å². The van der Waals surface area contributed by atoms with Crippen LogP contribution in [-0.4, -0.2) is 6.61 Å². The van der Waals surface area contributed by atoms with Crippen LogP contribution >= 0.6 is 0 Å². The Morgan fingerprint density at radius 3 is 2.36 bits per heavy atom. The summed E-state index contributed by atoms with van der Waals surface area (Å²) in [5, 5.41) is 0. The van der Waals surface area contributed by atoms with Gasteiger partial charge in [0.15, 0.2) is 0 Å². The van der Waals surface area contributed by atoms with Gasteiger partial charge in [0.05, 0.1) is 6.61 Å². The van der Waals surface area contributed by atoms with Crippen LogP contribution < -0.4 is 4.74 Å². The van der Waals surface area contributed by atoms with Crippen molar-refractivity contribution in [2.24, 2.45) is 5.92 Å². The van der Waals surface area contributed by atoms with Gasteiger partial charge in [-0.05, 0) is 62.6 Å². The molecular formula is C24H38O. The predicted octanol–water partition coefficient (Wildman–Crippen LogP) is 7.50. The largest absolute Gasteiger partial charge is 0.494 e. The van der Waals surface area contributed by atoms with Crippen LogP contribution in [0.1, 0.15) is 90.0 Å². The van der Waals surface area contributed by atoms with Gasteiger partial charge in [-0.15, -0.1) is 0 Å². The summed E-state index contributed by atoms with van der Waals surface area (Å²) >= 11 is 0. The van der Waals surface area contributed by atoms with Gasteiger partial charge in [-0.25, -0.2) is 0 Å². The summed E-state index contributed by atoms with van der Waals surface area (Å²) in [7, 11) is 0. The van der Waals surface area contributed by atoms with E-state index in [2.05, 4.69) is 37.3 Å². The summed E-state index contributed by atoms with van der Waals surface area (Å²) in [5.74, 6) is 1.95. The van der Waals surface area contributed by atoms with Crippen molar-refractivity contribution in [2.75, 3.05) is 6.61 Å². The monoisotopic (exact) mass is 342 g/mol. The van der Waals surface area contributed by atoms with E-state index in [1.165, 1.54) is 82.6 Å². The van der Waals surface area contributed by atoms with Crippen LogP contribution in [0.15, 0.2) is 35.9 Å². The van der Waals surface area contributed by atoms with Gasteiger partial charge < -0.3 is 4.74 Å². The minimum atomic E-state index is 0.742. The van der Waals surface area contributed by atoms with E-state index in [0.717, 1.165) is 18.3 Å². The van der Waals surface area contributed by atoms with Crippen molar-refractivity contribution in [1.29, 1.82) is 0 Å². The minimum absolute atomic E-state index is 0.742. The van der Waals surface area contributed by atoms with Crippen molar-refractivity contribution in [1.82, 2.24) is 0 Å². The fourth-order valence-electron chi connectivity index (χ4n) is 3.87. The number of hydrogen-bond acceptors (Lipinski definition) is 1. The third-order valence-corrected chi connectivity index (χ3v) is 5.55. The van der Waals surface area contributed by atoms with E-state index in [4.69, 9.17) is 4.74 Å². The molecule has 0 spiro atoms. The average molecular weight is 343 g/mol. The second-order valence-corrected chi connectivity index (χ2v) is 7.64. The standard InChI is InChI=1S/C24H38O/c1-3-5-6-7-8-9-10-21-11-13-22(14-12-21)15-16-23-17-19-24(20-18-23)25-4-2/h13,17-21H,3-12,14-16H2,1-2H3. The molecule has 1 atom stereocenters. The Kier molecular flexibility index (Phi) is 9.77. The van der Waals surface area contributed by atoms with Crippen molar-refractivity contribution < 1.29 is 4.74 Å². The molecule has 1 heteroatoms. The fourth-order valence-corrected chi connectivity index (χ4v) is 3.87. The van der Waals surface area contributed by atoms with Crippen LogP contribution in [0.25, 0.3) is 0 Å². The highest BCUT2D eigenvalue weighted by Gasteiger charge is 2.14. The Bertz CT molecular complexity index is 485. The minimum Gasteiger partial charge on any atom is -0.494 e. The zero-order chi connectivity index (χ0) is 17.7. The van der Waals surface area contributed by atoms with Crippen LogP contribution in [0.5, 0.6) is 5.75 Å². The van der Waals surface area contributed by atoms with Crippen molar-refractivity contribution >= 4 is 0 Å². The number of benzene rings is 1. The molecule has 0 saturated carbocycles. The second-order valence-electron chi connectivity index (χ2n) is 7.64. The molecule has 1 aromatic carbocycles. The summed E-state index contributed by atoms with van der Waals surface area (Å²) in [4.78, 5) is 0. The van der Waals surface area contributed by atoms with Crippen LogP contribution in [0, 0.1) is 5.92 Å². The molecule has 25 heavy (non-hydrogen) atoms. The number of allylic oxidation sites excluding steroid dienone is 2. The molecule has 0 fully saturated rings. The first kappa shape index (κ1) is 20.1. The highest BCUT2D eigenvalue weighted by molar-refractivity contribution is 5.28. The fraction of sp³-hybridized carbons (Fsp3) is 0.667. The molecule has 1 unspecified atom stereocenters. The molecule has 140 valence electrons. The molecule has 1 aliphatic carbocycles. The SMILES string of the molecule is CCCCCCCCC1CC=C(CCc2ccc(OCC)cc2)CC1. The van der Waals surface area contributed by atoms with Crippen molar-refractivity contribution in [3.05, 3.63) is 41.5 Å². The van der Waals surface area contributed by atoms with Gasteiger partial charge in [-0.2, -0.15) is 0 Å². The number of hydrogen-bond donors (Lipinski definition) is 0. The van der Waals surface area contributed by atoms with E-state index >= 15 is 0 Å². The van der Waals surface area contributed by atoms with Gasteiger partial charge >= 0.3 is 0 Å². The molecule has 1 aromatic rings. The average Bonchev–Trinajstić information content (AvgIpc) is 2.65. The van der Waals surface area contributed by atoms with Crippen LogP contribution in [0.3, 0.4) is 0 Å². The maximum Gasteiger partial charge on any atom is 0.119 e. The first-order chi connectivity index (χ1) is 12.3. The second kappa shape index (κ2) is 12.2. The highest BCUT2D eigenvalue weighted by Crippen LogP contribution is 2.30. The summed E-state index contributed by atoms with van der Waals surface area (Å²) in [5.41, 5.74) is 3.12. The van der Waals surface area contributed by atoms with E-state index in [1.807, 2.05) is 6.92 Å². The normalized spacial score (nSPS) is 17.4. The third-order valence-electron chi connectivity index (χ3n) is 5.55. The quantitative estimate of drug-likeness (QED) is 0.282. The number of unbranched alkanes of at least 4 members (excludes halogenated alkanes) is 5. The summed E-state index contributed by atoms with van der Waals surface area (Å²) < 4.78 is 5.52. The van der Waals surface area contributed by atoms with Gasteiger partial charge in [0.1, 0.15) is 5.75 Å². The van der Waals surface area contributed by atoms with Gasteiger partial charge in [0, 0.05) is 0 Å². The molecule has 1 nitrogen and oxygen atoms in total. The number of aryl methyl sites for hydroxylation is 1. The molecule has 0 saturated heterocycles. The van der Waals surface area contributed by atoms with E-state index in [1.54, 1.807) is 5.57 Å². The van der Waals surface area contributed by atoms with E-state index < -0.39 is 0 Å². The zero-order valence-electron chi connectivity index (χ0n) is 16.6. The summed E-state index contributed by atoms with van der Waals surface area (Å²) in [6, 6.07) is 8.64. The first-order valence-corrected chi connectivity index (χ1v) is 10.7. The van der Waals surface area contributed by atoms with Crippen LogP contribution in [-0.2, 0) is 6.42 Å². The molecule has 0 aromatic heterocycles. The molecule has 0 heterocycles. The maximum absolute atomic E-state index is 5.52. The van der Waals surface area contributed by atoms with Crippen molar-refractivity contribution in [3.63, 3.8) is 0 Å². The third kappa shape index (κ3) is 8.12. The lowest BCUT2D eigenvalue weighted by atomic mass is 9.84. The molecule has 0 bridgehead atoms. The summed E-state index contributed by atoms with van der Waals surface area (Å²) in [6.45, 7) is 5.07. The van der Waals surface area contributed by atoms with Gasteiger partial charge in [-0.1, -0.05) is 75.7 Å². The van der Waals surface area contributed by atoms with Gasteiger partial charge in [0.2, 0.25) is 0 Å². The molecule has 1 aliphatic rings. The smallest absolute Gasteiger partial charge is 0.119 e. The lowest BCUT2D eigenvalue weighted by molar-refractivity contribution is 0.340. The van der Waals surface area contributed by atoms with Gasteiger partial charge in [-0.3, -0.25) is 0 Å². The Labute approximate surface area is 155 Å². The topological polar surface area (TPSA) is 9.23 Å². The van der Waals surface area contributed by atoms with Crippen LogP contribution in [0.2, 0.25) is 0 Å². The van der Waals surface area contributed by atoms with Crippen molar-refractivity contribution in [3.8, 4) is 5.75 Å². The predicted molar refractivity (Wildman–Crippen MR) is 109 cm³/mol. The maximum atomic E-state index is 5.52. The lowest BCUT2D eigenvalue weighted by Gasteiger charge is -2.22. The van der Waals surface area contributed by atoms with Crippen molar-refractivity contribution in [2.45, 2.75) is 90.9 Å². The molecule has 0 radical (unpaired) electrons. The lowest BCUT2D eigenvalue weighted by Crippen LogP contribution is -2.06. The molecule has 0 aliphatic heterocycles. The first-order valence-electron chi connectivity index (χ1n) is 10.7. The Hall–Kier alpha value is -1.24. The molecule has 0 N–H and O–H groups in total. The molecule has 2 rings (SSSR count). The Morgan fingerprint density at radius 2 is 1.68 bits per heavy atom. The van der Waals surface area contributed by atoms with E-state index in [9.17, 15) is 0 Å². The number of ether oxygens (including phenoxy) is 1. The summed E-state index contributed by atoms with van der Waals surface area (Å²) in [6.07, 6.45) is 19.0. The van der Waals surface area contributed by atoms with Crippen LogP contribution in [0.4, 0.5) is 0 Å². The molecular weight excluding hydrogens is 304 g/mol. The Morgan fingerprint density at radius 1 is 0.920 bits per heavy atom. The highest BCUT2D eigenvalue weighted by atomic mass is 16.5. The molecule has 0 amide bonds. The zero-order valence-corrected chi connectivity index (χ0v) is 16.6. The van der Waals surface area contributed by atoms with Gasteiger partial charge in [0.25, 0.3) is 0 Å².